The van der Waals surface area contributed by atoms with E-state index < -0.39 is 0 Å². The maximum Gasteiger partial charge on any atom is 0.246 e. The van der Waals surface area contributed by atoms with Crippen molar-refractivity contribution < 1.29 is 14.3 Å². The first-order valence-electron chi connectivity index (χ1n) is 8.34. The summed E-state index contributed by atoms with van der Waals surface area (Å²) in [5, 5.41) is 0. The van der Waals surface area contributed by atoms with Crippen molar-refractivity contribution in [1.29, 1.82) is 0 Å². The van der Waals surface area contributed by atoms with Crippen LogP contribution in [0.1, 0.15) is 39.2 Å². The number of rotatable bonds is 8. The van der Waals surface area contributed by atoms with Crippen LogP contribution in [0, 0.1) is 5.92 Å². The van der Waals surface area contributed by atoms with Crippen LogP contribution in [-0.4, -0.2) is 37.1 Å². The van der Waals surface area contributed by atoms with Crippen LogP contribution in [0.3, 0.4) is 0 Å². The Bertz CT molecular complexity index is 562. The van der Waals surface area contributed by atoms with E-state index in [0.717, 1.165) is 30.7 Å². The maximum absolute atomic E-state index is 12.4. The van der Waals surface area contributed by atoms with E-state index in [1.54, 1.807) is 13.2 Å². The van der Waals surface area contributed by atoms with Crippen molar-refractivity contribution in [2.24, 2.45) is 5.92 Å². The molecule has 1 aliphatic carbocycles. The average molecular weight is 317 g/mol. The lowest BCUT2D eigenvalue weighted by atomic mass is 10.1. The van der Waals surface area contributed by atoms with Gasteiger partial charge in [0.1, 0.15) is 0 Å². The first-order chi connectivity index (χ1) is 11.0. The van der Waals surface area contributed by atoms with Crippen LogP contribution in [0.4, 0.5) is 0 Å². The normalized spacial score (nSPS) is 14.3. The predicted octanol–water partition coefficient (Wildman–Crippen LogP) is 3.75. The Morgan fingerprint density at radius 3 is 2.65 bits per heavy atom. The molecule has 0 unspecified atom stereocenters. The third-order valence-corrected chi connectivity index (χ3v) is 3.74. The highest BCUT2D eigenvalue weighted by Gasteiger charge is 2.31. The number of benzene rings is 1. The van der Waals surface area contributed by atoms with E-state index in [2.05, 4.69) is 13.8 Å². The molecule has 0 aromatic heterocycles. The molecule has 4 nitrogen and oxygen atoms in total. The molecule has 0 spiro atoms. The van der Waals surface area contributed by atoms with Gasteiger partial charge in [-0.1, -0.05) is 19.9 Å². The molecule has 0 radical (unpaired) electrons. The topological polar surface area (TPSA) is 38.8 Å². The molecule has 1 amide bonds. The second-order valence-electron chi connectivity index (χ2n) is 6.29. The quantitative estimate of drug-likeness (QED) is 0.685. The molecule has 0 aliphatic heterocycles. The molecular formula is C19H27NO3. The van der Waals surface area contributed by atoms with Gasteiger partial charge >= 0.3 is 0 Å². The largest absolute Gasteiger partial charge is 0.493 e. The minimum atomic E-state index is 0.0917. The second kappa shape index (κ2) is 8.04. The molecule has 1 aromatic carbocycles. The fourth-order valence-electron chi connectivity index (χ4n) is 2.52. The summed E-state index contributed by atoms with van der Waals surface area (Å²) in [5.74, 6) is 1.98. The lowest BCUT2D eigenvalue weighted by Crippen LogP contribution is -2.34. The maximum atomic E-state index is 12.4. The van der Waals surface area contributed by atoms with Crippen LogP contribution in [0.15, 0.2) is 24.3 Å². The van der Waals surface area contributed by atoms with E-state index in [0.29, 0.717) is 24.3 Å². The summed E-state index contributed by atoms with van der Waals surface area (Å²) in [6.07, 6.45) is 5.76. The lowest BCUT2D eigenvalue weighted by Gasteiger charge is -2.22. The first kappa shape index (κ1) is 17.4. The smallest absolute Gasteiger partial charge is 0.246 e. The van der Waals surface area contributed by atoms with Crippen molar-refractivity contribution >= 4 is 12.0 Å². The molecule has 0 heterocycles. The van der Waals surface area contributed by atoms with Gasteiger partial charge in [-0.05, 0) is 49.5 Å². The highest BCUT2D eigenvalue weighted by atomic mass is 16.5. The van der Waals surface area contributed by atoms with Crippen LogP contribution >= 0.6 is 0 Å². The van der Waals surface area contributed by atoms with Gasteiger partial charge in [-0.2, -0.15) is 0 Å². The SMILES string of the molecule is CCOc1ccc(/C=C/C(=O)N(CC(C)C)C2CC2)cc1OC. The highest BCUT2D eigenvalue weighted by Crippen LogP contribution is 2.29. The van der Waals surface area contributed by atoms with Gasteiger partial charge in [-0.3, -0.25) is 4.79 Å². The molecule has 1 aromatic rings. The Kier molecular flexibility index (Phi) is 6.08. The number of methoxy groups -OCH3 is 1. The monoisotopic (exact) mass is 317 g/mol. The molecule has 0 saturated heterocycles. The van der Waals surface area contributed by atoms with E-state index >= 15 is 0 Å². The van der Waals surface area contributed by atoms with E-state index in [4.69, 9.17) is 9.47 Å². The summed E-state index contributed by atoms with van der Waals surface area (Å²) < 4.78 is 10.8. The zero-order valence-electron chi connectivity index (χ0n) is 14.5. The van der Waals surface area contributed by atoms with Gasteiger partial charge in [-0.15, -0.1) is 0 Å². The molecule has 1 saturated carbocycles. The molecule has 0 bridgehead atoms. The lowest BCUT2D eigenvalue weighted by molar-refractivity contribution is -0.127. The van der Waals surface area contributed by atoms with Gasteiger partial charge in [0.15, 0.2) is 11.5 Å². The fourth-order valence-corrected chi connectivity index (χ4v) is 2.52. The number of nitrogens with zero attached hydrogens (tertiary/aromatic N) is 1. The molecule has 23 heavy (non-hydrogen) atoms. The summed E-state index contributed by atoms with van der Waals surface area (Å²) in [7, 11) is 1.62. The van der Waals surface area contributed by atoms with E-state index in [-0.39, 0.29) is 5.91 Å². The molecule has 2 rings (SSSR count). The Balaban J connectivity index is 2.07. The van der Waals surface area contributed by atoms with Gasteiger partial charge in [0.2, 0.25) is 5.91 Å². The minimum absolute atomic E-state index is 0.0917. The zero-order valence-corrected chi connectivity index (χ0v) is 14.5. The van der Waals surface area contributed by atoms with Gasteiger partial charge in [0.05, 0.1) is 13.7 Å². The van der Waals surface area contributed by atoms with Gasteiger partial charge in [0, 0.05) is 18.7 Å². The Labute approximate surface area is 139 Å². The van der Waals surface area contributed by atoms with E-state index in [9.17, 15) is 4.79 Å². The number of ether oxygens (including phenoxy) is 2. The van der Waals surface area contributed by atoms with Crippen molar-refractivity contribution in [1.82, 2.24) is 4.90 Å². The molecule has 0 N–H and O–H groups in total. The Morgan fingerprint density at radius 1 is 1.35 bits per heavy atom. The van der Waals surface area contributed by atoms with Crippen molar-refractivity contribution in [3.8, 4) is 11.5 Å². The van der Waals surface area contributed by atoms with Crippen LogP contribution < -0.4 is 9.47 Å². The van der Waals surface area contributed by atoms with Crippen LogP contribution in [0.25, 0.3) is 6.08 Å². The standard InChI is InChI=1S/C19H27NO3/c1-5-23-17-10-6-15(12-18(17)22-4)7-11-19(21)20(13-14(2)3)16-8-9-16/h6-7,10-12,14,16H,5,8-9,13H2,1-4H3/b11-7+. The predicted molar refractivity (Wildman–Crippen MR) is 92.8 cm³/mol. The first-order valence-corrected chi connectivity index (χ1v) is 8.34. The third-order valence-electron chi connectivity index (χ3n) is 3.74. The van der Waals surface area contributed by atoms with Gasteiger partial charge < -0.3 is 14.4 Å². The number of carbonyl (C=O) groups is 1. The van der Waals surface area contributed by atoms with Crippen molar-refractivity contribution in [3.63, 3.8) is 0 Å². The molecule has 126 valence electrons. The average Bonchev–Trinajstić information content (AvgIpc) is 3.36. The van der Waals surface area contributed by atoms with Crippen LogP contribution in [0.2, 0.25) is 0 Å². The summed E-state index contributed by atoms with van der Waals surface area (Å²) in [6.45, 7) is 7.64. The summed E-state index contributed by atoms with van der Waals surface area (Å²) in [4.78, 5) is 14.4. The summed E-state index contributed by atoms with van der Waals surface area (Å²) >= 11 is 0. The van der Waals surface area contributed by atoms with Crippen LogP contribution in [0.5, 0.6) is 11.5 Å². The van der Waals surface area contributed by atoms with Crippen molar-refractivity contribution in [2.75, 3.05) is 20.3 Å². The molecular weight excluding hydrogens is 290 g/mol. The number of hydrogen-bond donors (Lipinski definition) is 0. The molecule has 0 atom stereocenters. The zero-order chi connectivity index (χ0) is 16.8. The minimum Gasteiger partial charge on any atom is -0.493 e. The number of amides is 1. The Hall–Kier alpha value is -1.97. The second-order valence-corrected chi connectivity index (χ2v) is 6.29. The van der Waals surface area contributed by atoms with E-state index in [1.807, 2.05) is 36.1 Å². The van der Waals surface area contributed by atoms with Gasteiger partial charge in [-0.25, -0.2) is 0 Å². The molecule has 4 heteroatoms. The van der Waals surface area contributed by atoms with Gasteiger partial charge in [0.25, 0.3) is 0 Å². The van der Waals surface area contributed by atoms with Crippen molar-refractivity contribution in [2.45, 2.75) is 39.7 Å². The molecule has 1 aliphatic rings. The molecule has 1 fully saturated rings. The van der Waals surface area contributed by atoms with Crippen molar-refractivity contribution in [3.05, 3.63) is 29.8 Å². The summed E-state index contributed by atoms with van der Waals surface area (Å²) in [6, 6.07) is 6.13. The highest BCUT2D eigenvalue weighted by molar-refractivity contribution is 5.92. The van der Waals surface area contributed by atoms with Crippen LogP contribution in [-0.2, 0) is 4.79 Å². The number of carbonyl (C=O) groups excluding carboxylic acids is 1. The summed E-state index contributed by atoms with van der Waals surface area (Å²) in [5.41, 5.74) is 0.930. The Morgan fingerprint density at radius 2 is 2.09 bits per heavy atom. The van der Waals surface area contributed by atoms with E-state index in [1.165, 1.54) is 0 Å². The number of hydrogen-bond acceptors (Lipinski definition) is 3. The third kappa shape index (κ3) is 5.02. The fraction of sp³-hybridized carbons (Fsp3) is 0.526.